The van der Waals surface area contributed by atoms with Gasteiger partial charge in [-0.3, -0.25) is 9.79 Å². The third kappa shape index (κ3) is 8.84. The van der Waals surface area contributed by atoms with E-state index in [-0.39, 0.29) is 29.9 Å². The number of guanidine groups is 1. The summed E-state index contributed by atoms with van der Waals surface area (Å²) in [7, 11) is 4.00. The Bertz CT molecular complexity index is 460. The number of hydrogen-bond acceptors (Lipinski definition) is 3. The van der Waals surface area contributed by atoms with Crippen molar-refractivity contribution in [1.82, 2.24) is 20.4 Å². The Balaban J connectivity index is 0.00000392. The van der Waals surface area contributed by atoms with Crippen molar-refractivity contribution in [2.45, 2.75) is 70.8 Å². The number of aliphatic imine (C=N–C) groups is 1. The molecule has 7 heteroatoms. The van der Waals surface area contributed by atoms with E-state index >= 15 is 0 Å². The molecule has 0 bridgehead atoms. The number of halogens is 1. The third-order valence-electron chi connectivity index (χ3n) is 6.13. The number of nitrogens with one attached hydrogen (secondary N) is 2. The van der Waals surface area contributed by atoms with Crippen LogP contribution < -0.4 is 10.6 Å². The molecule has 2 fully saturated rings. The van der Waals surface area contributed by atoms with Crippen LogP contribution in [0.15, 0.2) is 4.99 Å². The summed E-state index contributed by atoms with van der Waals surface area (Å²) in [6.45, 7) is 7.05. The van der Waals surface area contributed by atoms with Crippen molar-refractivity contribution in [1.29, 1.82) is 0 Å². The summed E-state index contributed by atoms with van der Waals surface area (Å²) >= 11 is 0. The van der Waals surface area contributed by atoms with E-state index in [2.05, 4.69) is 34.4 Å². The highest BCUT2D eigenvalue weighted by Gasteiger charge is 2.23. The topological polar surface area (TPSA) is 60.0 Å². The molecule has 164 valence electrons. The van der Waals surface area contributed by atoms with E-state index in [0.29, 0.717) is 12.3 Å². The van der Waals surface area contributed by atoms with Gasteiger partial charge in [0.2, 0.25) is 5.91 Å². The van der Waals surface area contributed by atoms with E-state index < -0.39 is 0 Å². The number of rotatable bonds is 8. The lowest BCUT2D eigenvalue weighted by molar-refractivity contribution is -0.121. The van der Waals surface area contributed by atoms with Gasteiger partial charge in [0.15, 0.2) is 5.96 Å². The van der Waals surface area contributed by atoms with Crippen molar-refractivity contribution >= 4 is 35.8 Å². The fraction of sp³-hybridized carbons (Fsp3) is 0.905. The number of hydrogen-bond donors (Lipinski definition) is 2. The lowest BCUT2D eigenvalue weighted by Gasteiger charge is -2.34. The number of carbonyl (C=O) groups is 1. The minimum absolute atomic E-state index is 0. The maximum absolute atomic E-state index is 11.6. The average Bonchev–Trinajstić information content (AvgIpc) is 2.71. The number of nitrogens with zero attached hydrogens (tertiary/aromatic N) is 3. The first-order valence-corrected chi connectivity index (χ1v) is 11.1. The highest BCUT2D eigenvalue weighted by Crippen LogP contribution is 2.22. The van der Waals surface area contributed by atoms with Crippen LogP contribution in [0.1, 0.15) is 64.7 Å². The van der Waals surface area contributed by atoms with Crippen molar-refractivity contribution < 1.29 is 4.79 Å². The molecule has 1 heterocycles. The summed E-state index contributed by atoms with van der Waals surface area (Å²) in [5.74, 6) is 1.72. The molecule has 0 aromatic rings. The van der Waals surface area contributed by atoms with Crippen molar-refractivity contribution in [3.63, 3.8) is 0 Å². The quantitative estimate of drug-likeness (QED) is 0.230. The molecule has 2 N–H and O–H groups in total. The van der Waals surface area contributed by atoms with E-state index in [9.17, 15) is 4.79 Å². The summed E-state index contributed by atoms with van der Waals surface area (Å²) in [5, 5.41) is 6.19. The molecule has 0 unspecified atom stereocenters. The van der Waals surface area contributed by atoms with Crippen LogP contribution in [0.3, 0.4) is 0 Å². The maximum Gasteiger partial charge on any atom is 0.220 e. The van der Waals surface area contributed by atoms with Crippen LogP contribution in [0.2, 0.25) is 0 Å². The zero-order chi connectivity index (χ0) is 19.5. The van der Waals surface area contributed by atoms with E-state index in [1.807, 2.05) is 0 Å². The van der Waals surface area contributed by atoms with Crippen LogP contribution in [-0.4, -0.2) is 74.5 Å². The lowest BCUT2D eigenvalue weighted by atomic mass is 9.93. The van der Waals surface area contributed by atoms with Gasteiger partial charge in [0.1, 0.15) is 0 Å². The molecule has 1 saturated carbocycles. The monoisotopic (exact) mass is 507 g/mol. The lowest BCUT2D eigenvalue weighted by Crippen LogP contribution is -2.46. The average molecular weight is 508 g/mol. The van der Waals surface area contributed by atoms with Gasteiger partial charge in [-0.05, 0) is 58.5 Å². The molecule has 0 aromatic heterocycles. The molecule has 0 radical (unpaired) electrons. The molecule has 1 amide bonds. The fourth-order valence-corrected chi connectivity index (χ4v) is 4.35. The van der Waals surface area contributed by atoms with Crippen LogP contribution in [0, 0.1) is 5.92 Å². The van der Waals surface area contributed by atoms with Crippen molar-refractivity contribution in [3.8, 4) is 0 Å². The molecule has 6 nitrogen and oxygen atoms in total. The Morgan fingerprint density at radius 2 is 1.82 bits per heavy atom. The Morgan fingerprint density at radius 3 is 2.43 bits per heavy atom. The highest BCUT2D eigenvalue weighted by atomic mass is 127. The summed E-state index contributed by atoms with van der Waals surface area (Å²) in [5.41, 5.74) is 0. The molecule has 0 spiro atoms. The van der Waals surface area contributed by atoms with Crippen LogP contribution in [0.4, 0.5) is 0 Å². The molecule has 1 saturated heterocycles. The fourth-order valence-electron chi connectivity index (χ4n) is 4.35. The Labute approximate surface area is 189 Å². The number of likely N-dealkylation sites (tertiary alicyclic amines) is 1. The Morgan fingerprint density at radius 1 is 1.14 bits per heavy atom. The normalized spacial score (nSPS) is 19.4. The standard InChI is InChI=1S/C21H41N5O.HI/c1-4-23-21(26-15-11-18(12-16-26)17-20(27)22-2)24-13-8-14-25(3)19-9-6-5-7-10-19;/h18-19H,4-17H2,1-3H3,(H,22,27)(H,23,24);1H. The van der Waals surface area contributed by atoms with Gasteiger partial charge in [-0.25, -0.2) is 0 Å². The van der Waals surface area contributed by atoms with Gasteiger partial charge in [0.05, 0.1) is 0 Å². The zero-order valence-electron chi connectivity index (χ0n) is 18.2. The Kier molecular flexibility index (Phi) is 13.1. The molecule has 28 heavy (non-hydrogen) atoms. The first-order chi connectivity index (χ1) is 13.1. The number of piperidine rings is 1. The predicted octanol–water partition coefficient (Wildman–Crippen LogP) is 3.07. The second-order valence-corrected chi connectivity index (χ2v) is 8.17. The molecule has 0 atom stereocenters. The molecular formula is C21H42IN5O. The van der Waals surface area contributed by atoms with Gasteiger partial charge in [0, 0.05) is 45.7 Å². The van der Waals surface area contributed by atoms with Gasteiger partial charge in [-0.1, -0.05) is 19.3 Å². The maximum atomic E-state index is 11.6. The molecule has 1 aliphatic carbocycles. The molecular weight excluding hydrogens is 465 g/mol. The van der Waals surface area contributed by atoms with E-state index in [1.165, 1.54) is 32.1 Å². The van der Waals surface area contributed by atoms with Crippen molar-refractivity contribution in [2.75, 3.05) is 46.8 Å². The second-order valence-electron chi connectivity index (χ2n) is 8.17. The smallest absolute Gasteiger partial charge is 0.220 e. The first kappa shape index (κ1) is 25.5. The van der Waals surface area contributed by atoms with Crippen molar-refractivity contribution in [2.24, 2.45) is 10.9 Å². The third-order valence-corrected chi connectivity index (χ3v) is 6.13. The summed E-state index contributed by atoms with van der Waals surface area (Å²) in [4.78, 5) is 21.4. The predicted molar refractivity (Wildman–Crippen MR) is 128 cm³/mol. The molecule has 0 aromatic carbocycles. The van der Waals surface area contributed by atoms with Crippen LogP contribution in [0.25, 0.3) is 0 Å². The van der Waals surface area contributed by atoms with Gasteiger partial charge >= 0.3 is 0 Å². The van der Waals surface area contributed by atoms with E-state index in [4.69, 9.17) is 4.99 Å². The highest BCUT2D eigenvalue weighted by molar-refractivity contribution is 14.0. The zero-order valence-corrected chi connectivity index (χ0v) is 20.5. The van der Waals surface area contributed by atoms with E-state index in [1.54, 1.807) is 7.05 Å². The van der Waals surface area contributed by atoms with Crippen LogP contribution in [0.5, 0.6) is 0 Å². The van der Waals surface area contributed by atoms with Gasteiger partial charge in [-0.15, -0.1) is 24.0 Å². The summed E-state index contributed by atoms with van der Waals surface area (Å²) in [6.07, 6.45) is 10.9. The largest absolute Gasteiger partial charge is 0.359 e. The van der Waals surface area contributed by atoms with Gasteiger partial charge in [-0.2, -0.15) is 0 Å². The molecule has 2 rings (SSSR count). The Hall–Kier alpha value is -0.570. The summed E-state index contributed by atoms with van der Waals surface area (Å²) in [6, 6.07) is 0.787. The SMILES string of the molecule is CCNC(=NCCCN(C)C1CCCCC1)N1CCC(CC(=O)NC)CC1.I. The second kappa shape index (κ2) is 14.4. The first-order valence-electron chi connectivity index (χ1n) is 11.1. The number of carbonyl (C=O) groups excluding carboxylic acids is 1. The summed E-state index contributed by atoms with van der Waals surface area (Å²) < 4.78 is 0. The van der Waals surface area contributed by atoms with E-state index in [0.717, 1.165) is 64.0 Å². The number of amides is 1. The van der Waals surface area contributed by atoms with Gasteiger partial charge < -0.3 is 20.4 Å². The van der Waals surface area contributed by atoms with Crippen LogP contribution in [-0.2, 0) is 4.79 Å². The van der Waals surface area contributed by atoms with Crippen LogP contribution >= 0.6 is 24.0 Å². The van der Waals surface area contributed by atoms with Crippen molar-refractivity contribution in [3.05, 3.63) is 0 Å². The minimum atomic E-state index is 0. The molecule has 2 aliphatic rings. The molecule has 1 aliphatic heterocycles. The minimum Gasteiger partial charge on any atom is -0.359 e. The van der Waals surface area contributed by atoms with Gasteiger partial charge in [0.25, 0.3) is 0 Å².